The van der Waals surface area contributed by atoms with Crippen molar-refractivity contribution in [3.63, 3.8) is 0 Å². The summed E-state index contributed by atoms with van der Waals surface area (Å²) in [5, 5.41) is 0.393. The molecule has 2 aliphatic heterocycles. The molecule has 2 unspecified atom stereocenters. The van der Waals surface area contributed by atoms with Crippen molar-refractivity contribution in [1.82, 2.24) is 28.6 Å². The Balaban J connectivity index is 1.69. The maximum atomic E-state index is 13.8. The van der Waals surface area contributed by atoms with E-state index in [1.165, 1.54) is 11.6 Å². The molecule has 30 heavy (non-hydrogen) atoms. The van der Waals surface area contributed by atoms with Gasteiger partial charge in [-0.1, -0.05) is 6.92 Å². The van der Waals surface area contributed by atoms with Crippen molar-refractivity contribution in [3.8, 4) is 0 Å². The highest BCUT2D eigenvalue weighted by Gasteiger charge is 2.44. The van der Waals surface area contributed by atoms with Crippen LogP contribution in [0.1, 0.15) is 54.0 Å². The molecule has 156 valence electrons. The van der Waals surface area contributed by atoms with Crippen LogP contribution in [0.2, 0.25) is 0 Å². The van der Waals surface area contributed by atoms with Gasteiger partial charge in [0.2, 0.25) is 0 Å². The number of aromatic nitrogens is 5. The highest BCUT2D eigenvalue weighted by atomic mass is 16.2. The van der Waals surface area contributed by atoms with E-state index >= 15 is 0 Å². The fraction of sp³-hybridized carbons (Fsp3) is 0.476. The van der Waals surface area contributed by atoms with Gasteiger partial charge in [0, 0.05) is 44.9 Å². The minimum atomic E-state index is -0.397. The standard InChI is InChI=1S/C21H24N6O3/c1-4-7-26-17(9-13-18(26)24(2)21(30)25(3)19(13)28)20(29)27-12-5-6-16(27)14-10-22-11-23-15(14)8-12/h9-12,16H,4-8H2,1-3H3. The molecule has 0 N–H and O–H groups in total. The highest BCUT2D eigenvalue weighted by Crippen LogP contribution is 2.43. The van der Waals surface area contributed by atoms with Gasteiger partial charge in [0.15, 0.2) is 0 Å². The van der Waals surface area contributed by atoms with Crippen LogP contribution in [0.25, 0.3) is 11.0 Å². The summed E-state index contributed by atoms with van der Waals surface area (Å²) in [7, 11) is 3.10. The largest absolute Gasteiger partial charge is 0.332 e. The van der Waals surface area contributed by atoms with Gasteiger partial charge in [0.05, 0.1) is 17.1 Å². The molecule has 0 aromatic carbocycles. The Morgan fingerprint density at radius 3 is 2.77 bits per heavy atom. The maximum Gasteiger partial charge on any atom is 0.332 e. The van der Waals surface area contributed by atoms with E-state index in [-0.39, 0.29) is 23.6 Å². The molecule has 5 rings (SSSR count). The van der Waals surface area contributed by atoms with E-state index in [0.717, 1.165) is 35.1 Å². The van der Waals surface area contributed by atoms with Gasteiger partial charge < -0.3 is 9.47 Å². The molecular weight excluding hydrogens is 384 g/mol. The molecule has 0 radical (unpaired) electrons. The second-order valence-corrected chi connectivity index (χ2v) is 8.21. The summed E-state index contributed by atoms with van der Waals surface area (Å²) in [6.07, 6.45) is 6.67. The molecule has 1 saturated heterocycles. The van der Waals surface area contributed by atoms with E-state index in [1.807, 2.05) is 22.6 Å². The smallest absolute Gasteiger partial charge is 0.327 e. The van der Waals surface area contributed by atoms with E-state index in [2.05, 4.69) is 9.97 Å². The third-order valence-electron chi connectivity index (χ3n) is 6.51. The second kappa shape index (κ2) is 6.65. The lowest BCUT2D eigenvalue weighted by atomic mass is 9.99. The molecule has 0 aliphatic carbocycles. The van der Waals surface area contributed by atoms with Crippen LogP contribution in [0.5, 0.6) is 0 Å². The van der Waals surface area contributed by atoms with Gasteiger partial charge in [-0.3, -0.25) is 18.7 Å². The molecule has 2 bridgehead atoms. The Morgan fingerprint density at radius 1 is 1.20 bits per heavy atom. The van der Waals surface area contributed by atoms with Crippen LogP contribution in [0, 0.1) is 0 Å². The summed E-state index contributed by atoms with van der Waals surface area (Å²) < 4.78 is 4.37. The molecule has 9 nitrogen and oxygen atoms in total. The molecule has 2 aliphatic rings. The Bertz CT molecular complexity index is 1300. The first-order valence-electron chi connectivity index (χ1n) is 10.3. The number of carbonyl (C=O) groups is 1. The zero-order valence-corrected chi connectivity index (χ0v) is 17.3. The summed E-state index contributed by atoms with van der Waals surface area (Å²) in [5.41, 5.74) is 2.22. The molecule has 2 atom stereocenters. The van der Waals surface area contributed by atoms with Crippen LogP contribution in [0.3, 0.4) is 0 Å². The number of hydrogen-bond donors (Lipinski definition) is 0. The van der Waals surface area contributed by atoms with E-state index in [9.17, 15) is 14.4 Å². The normalized spacial score (nSPS) is 20.0. The molecule has 0 saturated carbocycles. The molecule has 1 fully saturated rings. The Morgan fingerprint density at radius 2 is 2.00 bits per heavy atom. The van der Waals surface area contributed by atoms with Crippen molar-refractivity contribution in [2.75, 3.05) is 0 Å². The summed E-state index contributed by atoms with van der Waals surface area (Å²) >= 11 is 0. The van der Waals surface area contributed by atoms with Crippen LogP contribution in [0.4, 0.5) is 0 Å². The molecule has 5 heterocycles. The molecule has 9 heteroatoms. The van der Waals surface area contributed by atoms with Crippen molar-refractivity contribution in [2.45, 2.75) is 51.2 Å². The van der Waals surface area contributed by atoms with Crippen LogP contribution < -0.4 is 11.2 Å². The van der Waals surface area contributed by atoms with Gasteiger partial charge in [0.25, 0.3) is 11.5 Å². The minimum absolute atomic E-state index is 0.0489. The average molecular weight is 408 g/mol. The molecule has 3 aromatic rings. The number of aryl methyl sites for hydroxylation is 2. The summed E-state index contributed by atoms with van der Waals surface area (Å²) in [5.74, 6) is -0.101. The molecule has 3 aromatic heterocycles. The van der Waals surface area contributed by atoms with E-state index in [0.29, 0.717) is 29.7 Å². The van der Waals surface area contributed by atoms with Crippen molar-refractivity contribution >= 4 is 16.9 Å². The topological polar surface area (TPSA) is 95.0 Å². The van der Waals surface area contributed by atoms with Gasteiger partial charge in [-0.25, -0.2) is 14.8 Å². The van der Waals surface area contributed by atoms with Gasteiger partial charge in [0.1, 0.15) is 17.7 Å². The lowest BCUT2D eigenvalue weighted by molar-refractivity contribution is 0.0632. The first kappa shape index (κ1) is 18.8. The average Bonchev–Trinajstić information content (AvgIpc) is 3.28. The fourth-order valence-electron chi connectivity index (χ4n) is 5.13. The molecular formula is C21H24N6O3. The Labute approximate surface area is 172 Å². The highest BCUT2D eigenvalue weighted by molar-refractivity contribution is 5.98. The fourth-order valence-corrected chi connectivity index (χ4v) is 5.13. The summed E-state index contributed by atoms with van der Waals surface area (Å²) in [6.45, 7) is 2.56. The van der Waals surface area contributed by atoms with Gasteiger partial charge in [-0.2, -0.15) is 0 Å². The van der Waals surface area contributed by atoms with Crippen LogP contribution in [-0.4, -0.2) is 40.5 Å². The third-order valence-corrected chi connectivity index (χ3v) is 6.51. The predicted molar refractivity (Wildman–Crippen MR) is 110 cm³/mol. The molecule has 0 spiro atoms. The van der Waals surface area contributed by atoms with E-state index in [4.69, 9.17) is 0 Å². The van der Waals surface area contributed by atoms with Gasteiger partial charge in [-0.05, 0) is 25.3 Å². The predicted octanol–water partition coefficient (Wildman–Crippen LogP) is 1.14. The lowest BCUT2D eigenvalue weighted by Crippen LogP contribution is -2.43. The van der Waals surface area contributed by atoms with Crippen molar-refractivity contribution in [1.29, 1.82) is 0 Å². The maximum absolute atomic E-state index is 13.8. The first-order valence-corrected chi connectivity index (χ1v) is 10.3. The lowest BCUT2D eigenvalue weighted by Gasteiger charge is -2.35. The number of nitrogens with zero attached hydrogens (tertiary/aromatic N) is 6. The van der Waals surface area contributed by atoms with Crippen LogP contribution in [0.15, 0.2) is 28.2 Å². The van der Waals surface area contributed by atoms with Crippen LogP contribution >= 0.6 is 0 Å². The second-order valence-electron chi connectivity index (χ2n) is 8.21. The van der Waals surface area contributed by atoms with Gasteiger partial charge in [-0.15, -0.1) is 0 Å². The van der Waals surface area contributed by atoms with Crippen LogP contribution in [-0.2, 0) is 27.1 Å². The zero-order valence-electron chi connectivity index (χ0n) is 17.3. The minimum Gasteiger partial charge on any atom is -0.327 e. The summed E-state index contributed by atoms with van der Waals surface area (Å²) in [6, 6.07) is 1.70. The monoisotopic (exact) mass is 408 g/mol. The quantitative estimate of drug-likeness (QED) is 0.648. The first-order chi connectivity index (χ1) is 14.4. The number of rotatable bonds is 3. The Hall–Kier alpha value is -3.23. The van der Waals surface area contributed by atoms with Crippen molar-refractivity contribution < 1.29 is 4.79 Å². The number of fused-ring (bicyclic) bond motifs is 5. The Kier molecular flexibility index (Phi) is 4.16. The zero-order chi connectivity index (χ0) is 21.2. The van der Waals surface area contributed by atoms with Gasteiger partial charge >= 0.3 is 5.69 Å². The van der Waals surface area contributed by atoms with Crippen molar-refractivity contribution in [3.05, 3.63) is 56.4 Å². The third kappa shape index (κ3) is 2.44. The SMILES string of the molecule is CCCn1c(C(=O)N2C3CCC2c2cncnc2C3)cc2c(=O)n(C)c(=O)n(C)c21. The number of carbonyl (C=O) groups excluding carboxylic acids is 1. The van der Waals surface area contributed by atoms with Crippen molar-refractivity contribution in [2.24, 2.45) is 14.1 Å². The number of hydrogen-bond acceptors (Lipinski definition) is 5. The molecule has 1 amide bonds. The summed E-state index contributed by atoms with van der Waals surface area (Å²) in [4.78, 5) is 49.6. The number of amides is 1. The van der Waals surface area contributed by atoms with E-state index < -0.39 is 5.69 Å². The van der Waals surface area contributed by atoms with E-state index in [1.54, 1.807) is 19.4 Å².